The Kier molecular flexibility index (Phi) is 3.70. The molecule has 0 amide bonds. The molecule has 0 atom stereocenters. The highest BCUT2D eigenvalue weighted by Crippen LogP contribution is 2.25. The second-order valence-electron chi connectivity index (χ2n) is 4.46. The summed E-state index contributed by atoms with van der Waals surface area (Å²) in [5, 5.41) is 1.16. The molecule has 0 spiro atoms. The van der Waals surface area contributed by atoms with Crippen molar-refractivity contribution in [3.05, 3.63) is 36.0 Å². The van der Waals surface area contributed by atoms with Gasteiger partial charge in [0.2, 0.25) is 0 Å². The Morgan fingerprint density at radius 2 is 2.00 bits per heavy atom. The molecule has 0 saturated carbocycles. The van der Waals surface area contributed by atoms with Crippen molar-refractivity contribution >= 4 is 16.9 Å². The van der Waals surface area contributed by atoms with Gasteiger partial charge in [0, 0.05) is 17.8 Å². The number of fused-ring (bicyclic) bond motifs is 1. The summed E-state index contributed by atoms with van der Waals surface area (Å²) in [7, 11) is 1.41. The Morgan fingerprint density at radius 1 is 1.28 bits per heavy atom. The fourth-order valence-electron chi connectivity index (χ4n) is 2.39. The van der Waals surface area contributed by atoms with E-state index in [9.17, 15) is 4.79 Å². The maximum Gasteiger partial charge on any atom is 0.337 e. The fourth-order valence-corrected chi connectivity index (χ4v) is 2.39. The number of carbonyl (C=O) groups excluding carboxylic acids is 1. The van der Waals surface area contributed by atoms with Crippen LogP contribution >= 0.6 is 0 Å². The normalized spacial score (nSPS) is 11.1. The van der Waals surface area contributed by atoms with E-state index in [-0.39, 0.29) is 5.97 Å². The van der Waals surface area contributed by atoms with Gasteiger partial charge in [-0.05, 0) is 36.4 Å². The van der Waals surface area contributed by atoms with Crippen LogP contribution in [0.1, 0.15) is 43.1 Å². The van der Waals surface area contributed by atoms with Crippen LogP contribution in [0.25, 0.3) is 10.9 Å². The van der Waals surface area contributed by atoms with Crippen molar-refractivity contribution in [2.24, 2.45) is 0 Å². The summed E-state index contributed by atoms with van der Waals surface area (Å²) in [4.78, 5) is 11.6. The molecule has 0 aliphatic heterocycles. The van der Waals surface area contributed by atoms with Crippen LogP contribution in [0, 0.1) is 0 Å². The summed E-state index contributed by atoms with van der Waals surface area (Å²) in [6.45, 7) is 4.37. The molecule has 1 aromatic heterocycles. The number of aromatic nitrogens is 1. The molecule has 3 heteroatoms. The van der Waals surface area contributed by atoms with Crippen LogP contribution < -0.4 is 0 Å². The molecule has 3 nitrogen and oxygen atoms in total. The van der Waals surface area contributed by atoms with Crippen molar-refractivity contribution in [2.45, 2.75) is 32.7 Å². The summed E-state index contributed by atoms with van der Waals surface area (Å²) >= 11 is 0. The monoisotopic (exact) mass is 245 g/mol. The van der Waals surface area contributed by atoms with Crippen molar-refractivity contribution in [2.75, 3.05) is 7.11 Å². The van der Waals surface area contributed by atoms with E-state index >= 15 is 0 Å². The number of esters is 1. The first-order chi connectivity index (χ1) is 8.71. The van der Waals surface area contributed by atoms with Gasteiger partial charge in [0.1, 0.15) is 0 Å². The van der Waals surface area contributed by atoms with E-state index in [1.165, 1.54) is 7.11 Å². The summed E-state index contributed by atoms with van der Waals surface area (Å²) in [5.74, 6) is -0.283. The third kappa shape index (κ3) is 2.13. The molecular formula is C15H19NO2. The molecule has 0 saturated heterocycles. The first-order valence-electron chi connectivity index (χ1n) is 6.40. The van der Waals surface area contributed by atoms with Crippen LogP contribution in [0.3, 0.4) is 0 Å². The SMILES string of the molecule is CCC(CC)n1ccc2ccc(C(=O)OC)cc21. The first kappa shape index (κ1) is 12.7. The second-order valence-corrected chi connectivity index (χ2v) is 4.46. The lowest BCUT2D eigenvalue weighted by Gasteiger charge is -2.16. The van der Waals surface area contributed by atoms with E-state index in [0.29, 0.717) is 11.6 Å². The average Bonchev–Trinajstić information content (AvgIpc) is 2.82. The lowest BCUT2D eigenvalue weighted by molar-refractivity contribution is 0.0601. The number of benzene rings is 1. The predicted octanol–water partition coefficient (Wildman–Crippen LogP) is 3.79. The third-order valence-electron chi connectivity index (χ3n) is 3.48. The predicted molar refractivity (Wildman–Crippen MR) is 72.9 cm³/mol. The van der Waals surface area contributed by atoms with Crippen LogP contribution in [0.2, 0.25) is 0 Å². The van der Waals surface area contributed by atoms with E-state index < -0.39 is 0 Å². The molecule has 0 N–H and O–H groups in total. The molecule has 0 aliphatic carbocycles. The lowest BCUT2D eigenvalue weighted by atomic mass is 10.1. The quantitative estimate of drug-likeness (QED) is 0.767. The van der Waals surface area contributed by atoms with E-state index in [1.807, 2.05) is 18.2 Å². The summed E-state index contributed by atoms with van der Waals surface area (Å²) in [6.07, 6.45) is 4.27. The molecule has 1 heterocycles. The molecular weight excluding hydrogens is 226 g/mol. The maximum atomic E-state index is 11.6. The van der Waals surface area contributed by atoms with Gasteiger partial charge < -0.3 is 9.30 Å². The highest BCUT2D eigenvalue weighted by Gasteiger charge is 2.12. The zero-order valence-electron chi connectivity index (χ0n) is 11.1. The van der Waals surface area contributed by atoms with Crippen LogP contribution in [-0.2, 0) is 4.74 Å². The maximum absolute atomic E-state index is 11.6. The number of nitrogens with zero attached hydrogens (tertiary/aromatic N) is 1. The highest BCUT2D eigenvalue weighted by molar-refractivity contribution is 5.94. The van der Waals surface area contributed by atoms with E-state index in [0.717, 1.165) is 23.7 Å². The topological polar surface area (TPSA) is 31.2 Å². The Morgan fingerprint density at radius 3 is 2.61 bits per heavy atom. The van der Waals surface area contributed by atoms with Crippen molar-refractivity contribution in [3.63, 3.8) is 0 Å². The van der Waals surface area contributed by atoms with Crippen molar-refractivity contribution in [1.82, 2.24) is 4.57 Å². The second kappa shape index (κ2) is 5.25. The van der Waals surface area contributed by atoms with Crippen LogP contribution in [0.5, 0.6) is 0 Å². The van der Waals surface area contributed by atoms with Crippen molar-refractivity contribution < 1.29 is 9.53 Å². The van der Waals surface area contributed by atoms with Gasteiger partial charge in [0.05, 0.1) is 12.7 Å². The number of hydrogen-bond acceptors (Lipinski definition) is 2. The number of methoxy groups -OCH3 is 1. The van der Waals surface area contributed by atoms with E-state index in [1.54, 1.807) is 0 Å². The lowest BCUT2D eigenvalue weighted by Crippen LogP contribution is -2.06. The molecule has 0 fully saturated rings. The third-order valence-corrected chi connectivity index (χ3v) is 3.48. The molecule has 96 valence electrons. The molecule has 2 aromatic rings. The van der Waals surface area contributed by atoms with Gasteiger partial charge >= 0.3 is 5.97 Å². The Bertz CT molecular complexity index is 553. The van der Waals surface area contributed by atoms with Gasteiger partial charge in [-0.2, -0.15) is 0 Å². The smallest absolute Gasteiger partial charge is 0.337 e. The van der Waals surface area contributed by atoms with Gasteiger partial charge in [0.25, 0.3) is 0 Å². The molecule has 0 aliphatic rings. The van der Waals surface area contributed by atoms with Crippen LogP contribution in [-0.4, -0.2) is 17.6 Å². The van der Waals surface area contributed by atoms with Gasteiger partial charge in [-0.25, -0.2) is 4.79 Å². The summed E-state index contributed by atoms with van der Waals surface area (Å²) < 4.78 is 7.02. The fraction of sp³-hybridized carbons (Fsp3) is 0.400. The largest absolute Gasteiger partial charge is 0.465 e. The molecule has 0 radical (unpaired) electrons. The Labute approximate surface area is 107 Å². The van der Waals surface area contributed by atoms with Crippen LogP contribution in [0.4, 0.5) is 0 Å². The van der Waals surface area contributed by atoms with Crippen LogP contribution in [0.15, 0.2) is 30.5 Å². The minimum absolute atomic E-state index is 0.283. The van der Waals surface area contributed by atoms with Gasteiger partial charge in [-0.1, -0.05) is 19.9 Å². The highest BCUT2D eigenvalue weighted by atomic mass is 16.5. The minimum Gasteiger partial charge on any atom is -0.465 e. The number of rotatable bonds is 4. The first-order valence-corrected chi connectivity index (χ1v) is 6.40. The van der Waals surface area contributed by atoms with Gasteiger partial charge in [-0.3, -0.25) is 0 Å². The molecule has 1 aromatic carbocycles. The number of carbonyl (C=O) groups is 1. The summed E-state index contributed by atoms with van der Waals surface area (Å²) in [6, 6.07) is 8.27. The summed E-state index contributed by atoms with van der Waals surface area (Å²) in [5.41, 5.74) is 1.71. The van der Waals surface area contributed by atoms with E-state index in [4.69, 9.17) is 4.74 Å². The van der Waals surface area contributed by atoms with Crippen molar-refractivity contribution in [3.8, 4) is 0 Å². The zero-order chi connectivity index (χ0) is 13.1. The molecule has 2 rings (SSSR count). The Hall–Kier alpha value is -1.77. The van der Waals surface area contributed by atoms with E-state index in [2.05, 4.69) is 30.7 Å². The van der Waals surface area contributed by atoms with Gasteiger partial charge in [0.15, 0.2) is 0 Å². The number of ether oxygens (including phenoxy) is 1. The number of hydrogen-bond donors (Lipinski definition) is 0. The van der Waals surface area contributed by atoms with Gasteiger partial charge in [-0.15, -0.1) is 0 Å². The molecule has 0 unspecified atom stereocenters. The standard InChI is InChI=1S/C15H19NO2/c1-4-13(5-2)16-9-8-11-6-7-12(10-14(11)16)15(17)18-3/h6-10,13H,4-5H2,1-3H3. The minimum atomic E-state index is -0.283. The molecule has 18 heavy (non-hydrogen) atoms. The average molecular weight is 245 g/mol. The zero-order valence-corrected chi connectivity index (χ0v) is 11.1. The van der Waals surface area contributed by atoms with Crippen molar-refractivity contribution in [1.29, 1.82) is 0 Å². The Balaban J connectivity index is 2.52. The molecule has 0 bridgehead atoms.